The molecule has 0 spiro atoms. The molecular weight excluding hydrogens is 605 g/mol. The quantitative estimate of drug-likeness (QED) is 0.178. The number of rotatable bonds is 5. The van der Waals surface area contributed by atoms with Crippen LogP contribution in [-0.2, 0) is 0 Å². The highest BCUT2D eigenvalue weighted by Crippen LogP contribution is 2.45. The van der Waals surface area contributed by atoms with E-state index in [1.165, 1.54) is 77.0 Å². The van der Waals surface area contributed by atoms with Gasteiger partial charge in [0.25, 0.3) is 0 Å². The number of hydrogen-bond donors (Lipinski definition) is 0. The summed E-state index contributed by atoms with van der Waals surface area (Å²) in [4.78, 5) is 0. The Bertz CT molecular complexity index is 2820. The maximum absolute atomic E-state index is 2.50. The third-order valence-corrected chi connectivity index (χ3v) is 10.1. The maximum atomic E-state index is 2.50. The zero-order valence-electron chi connectivity index (χ0n) is 27.4. The molecule has 2 aromatic heterocycles. The molecule has 0 radical (unpaired) electrons. The van der Waals surface area contributed by atoms with Gasteiger partial charge in [0.05, 0.1) is 22.1 Å². The number of nitrogens with zero attached hydrogens (tertiary/aromatic N) is 2. The molecule has 0 aliphatic carbocycles. The van der Waals surface area contributed by atoms with Crippen LogP contribution in [0, 0.1) is 0 Å². The Hall–Kier alpha value is -6.64. The van der Waals surface area contributed by atoms with Crippen molar-refractivity contribution < 1.29 is 0 Å². The van der Waals surface area contributed by atoms with Gasteiger partial charge in [-0.2, -0.15) is 0 Å². The Balaban J connectivity index is 1.28. The van der Waals surface area contributed by atoms with Gasteiger partial charge in [0.1, 0.15) is 0 Å². The van der Waals surface area contributed by atoms with E-state index in [2.05, 4.69) is 203 Å². The third kappa shape index (κ3) is 4.43. The largest absolute Gasteiger partial charge is 0.309 e. The normalized spacial score (nSPS) is 11.6. The van der Waals surface area contributed by atoms with Crippen LogP contribution in [0.15, 0.2) is 194 Å². The zero-order chi connectivity index (χ0) is 33.0. The van der Waals surface area contributed by atoms with E-state index in [1.54, 1.807) is 0 Å². The number of aromatic nitrogens is 2. The van der Waals surface area contributed by atoms with Crippen molar-refractivity contribution in [3.63, 3.8) is 0 Å². The van der Waals surface area contributed by atoms with E-state index in [-0.39, 0.29) is 0 Å². The minimum absolute atomic E-state index is 1.14. The topological polar surface area (TPSA) is 9.86 Å². The summed E-state index contributed by atoms with van der Waals surface area (Å²) >= 11 is 0. The highest BCUT2D eigenvalue weighted by Gasteiger charge is 2.22. The van der Waals surface area contributed by atoms with Crippen molar-refractivity contribution in [2.24, 2.45) is 0 Å². The van der Waals surface area contributed by atoms with Gasteiger partial charge in [-0.3, -0.25) is 0 Å². The second kappa shape index (κ2) is 11.5. The minimum atomic E-state index is 1.14. The third-order valence-electron chi connectivity index (χ3n) is 10.1. The van der Waals surface area contributed by atoms with Crippen LogP contribution in [0.4, 0.5) is 0 Å². The molecule has 0 N–H and O–H groups in total. The van der Waals surface area contributed by atoms with Gasteiger partial charge in [0, 0.05) is 32.9 Å². The molecule has 8 aromatic carbocycles. The van der Waals surface area contributed by atoms with E-state index in [4.69, 9.17) is 0 Å². The lowest BCUT2D eigenvalue weighted by Crippen LogP contribution is -1.96. The lowest BCUT2D eigenvalue weighted by atomic mass is 9.99. The smallest absolute Gasteiger partial charge is 0.0641 e. The number of fused-ring (bicyclic) bond motifs is 7. The molecule has 2 heteroatoms. The molecule has 234 valence electrons. The average Bonchev–Trinajstić information content (AvgIpc) is 3.72. The zero-order valence-corrected chi connectivity index (χ0v) is 27.4. The van der Waals surface area contributed by atoms with Crippen molar-refractivity contribution in [1.29, 1.82) is 0 Å². The maximum Gasteiger partial charge on any atom is 0.0641 e. The molecule has 0 unspecified atom stereocenters. The molecule has 2 nitrogen and oxygen atoms in total. The number of para-hydroxylation sites is 2. The summed E-state index contributed by atoms with van der Waals surface area (Å²) in [7, 11) is 0. The molecule has 10 aromatic rings. The van der Waals surface area contributed by atoms with Crippen molar-refractivity contribution in [3.8, 4) is 44.8 Å². The molecule has 10 rings (SSSR count). The van der Waals surface area contributed by atoms with Gasteiger partial charge in [-0.05, 0) is 75.8 Å². The second-order valence-electron chi connectivity index (χ2n) is 12.9. The Kier molecular flexibility index (Phi) is 6.53. The van der Waals surface area contributed by atoms with E-state index in [0.717, 1.165) is 11.4 Å². The fourth-order valence-electron chi connectivity index (χ4n) is 7.90. The van der Waals surface area contributed by atoms with Gasteiger partial charge in [-0.1, -0.05) is 152 Å². The van der Waals surface area contributed by atoms with Crippen LogP contribution >= 0.6 is 0 Å². The van der Waals surface area contributed by atoms with Crippen LogP contribution in [0.1, 0.15) is 0 Å². The Labute approximate surface area is 290 Å². The first kappa shape index (κ1) is 28.4. The summed E-state index contributed by atoms with van der Waals surface area (Å²) < 4.78 is 4.91. The fraction of sp³-hybridized carbons (Fsp3) is 0. The SMILES string of the molecule is c1ccc(-c2ccc(-c3cccc(-n4c5cccc(-c6ccccc6)c5c5ccc6c(c7ccccc7n6-c6ccccc6)c54)c3)cc2)cc1. The average molecular weight is 637 g/mol. The molecule has 0 saturated carbocycles. The van der Waals surface area contributed by atoms with E-state index in [9.17, 15) is 0 Å². The van der Waals surface area contributed by atoms with Crippen molar-refractivity contribution in [2.75, 3.05) is 0 Å². The monoisotopic (exact) mass is 636 g/mol. The van der Waals surface area contributed by atoms with Gasteiger partial charge in [-0.15, -0.1) is 0 Å². The first-order chi connectivity index (χ1) is 24.8. The van der Waals surface area contributed by atoms with Gasteiger partial charge < -0.3 is 9.13 Å². The predicted octanol–water partition coefficient (Wildman–Crippen LogP) is 12.9. The minimum Gasteiger partial charge on any atom is -0.309 e. The molecule has 50 heavy (non-hydrogen) atoms. The summed E-state index contributed by atoms with van der Waals surface area (Å²) in [6, 6.07) is 70.3. The molecule has 0 aliphatic heterocycles. The summed E-state index contributed by atoms with van der Waals surface area (Å²) in [5.74, 6) is 0. The van der Waals surface area contributed by atoms with Crippen LogP contribution in [0.2, 0.25) is 0 Å². The van der Waals surface area contributed by atoms with Crippen LogP contribution in [-0.4, -0.2) is 9.13 Å². The lowest BCUT2D eigenvalue weighted by Gasteiger charge is -2.12. The van der Waals surface area contributed by atoms with Gasteiger partial charge in [-0.25, -0.2) is 0 Å². The summed E-state index contributed by atoms with van der Waals surface area (Å²) in [5, 5.41) is 5.02. The number of hydrogen-bond acceptors (Lipinski definition) is 0. The van der Waals surface area contributed by atoms with Gasteiger partial charge in [0.15, 0.2) is 0 Å². The Morgan fingerprint density at radius 2 is 0.820 bits per heavy atom. The highest BCUT2D eigenvalue weighted by atomic mass is 15.0. The van der Waals surface area contributed by atoms with Crippen molar-refractivity contribution in [2.45, 2.75) is 0 Å². The Morgan fingerprint density at radius 3 is 1.58 bits per heavy atom. The fourth-order valence-corrected chi connectivity index (χ4v) is 7.90. The van der Waals surface area contributed by atoms with Crippen LogP contribution in [0.3, 0.4) is 0 Å². The van der Waals surface area contributed by atoms with E-state index < -0.39 is 0 Å². The van der Waals surface area contributed by atoms with Crippen LogP contribution in [0.25, 0.3) is 88.4 Å². The Morgan fingerprint density at radius 1 is 0.280 bits per heavy atom. The highest BCUT2D eigenvalue weighted by molar-refractivity contribution is 6.28. The predicted molar refractivity (Wildman–Crippen MR) is 211 cm³/mol. The van der Waals surface area contributed by atoms with Gasteiger partial charge >= 0.3 is 0 Å². The molecule has 0 aliphatic rings. The van der Waals surface area contributed by atoms with Crippen molar-refractivity contribution >= 4 is 43.6 Å². The molecular formula is C48H32N2. The molecule has 2 heterocycles. The standard InChI is InChI=1S/C48H32N2/c1-4-14-33(15-5-1)34-26-28-35(29-27-34)37-18-12-21-39(32-37)50-44-25-13-23-40(36-16-6-2-7-17-36)46(44)42-30-31-45-47(48(42)50)41-22-10-11-24-43(41)49(45)38-19-8-3-9-20-38/h1-32H. The second-order valence-corrected chi connectivity index (χ2v) is 12.9. The van der Waals surface area contributed by atoms with E-state index in [0.29, 0.717) is 0 Å². The summed E-state index contributed by atoms with van der Waals surface area (Å²) in [6.45, 7) is 0. The van der Waals surface area contributed by atoms with Crippen molar-refractivity contribution in [3.05, 3.63) is 194 Å². The van der Waals surface area contributed by atoms with Crippen LogP contribution < -0.4 is 0 Å². The van der Waals surface area contributed by atoms with Gasteiger partial charge in [0.2, 0.25) is 0 Å². The van der Waals surface area contributed by atoms with Crippen LogP contribution in [0.5, 0.6) is 0 Å². The van der Waals surface area contributed by atoms with E-state index >= 15 is 0 Å². The summed E-state index contributed by atoms with van der Waals surface area (Å²) in [6.07, 6.45) is 0. The summed E-state index contributed by atoms with van der Waals surface area (Å²) in [5.41, 5.74) is 14.4. The molecule has 0 fully saturated rings. The number of benzene rings is 8. The lowest BCUT2D eigenvalue weighted by molar-refractivity contribution is 1.17. The van der Waals surface area contributed by atoms with Crippen molar-refractivity contribution in [1.82, 2.24) is 9.13 Å². The molecule has 0 atom stereocenters. The molecule has 0 amide bonds. The first-order valence-corrected chi connectivity index (χ1v) is 17.2. The first-order valence-electron chi connectivity index (χ1n) is 17.2. The van der Waals surface area contributed by atoms with E-state index in [1.807, 2.05) is 0 Å². The molecule has 0 saturated heterocycles. The molecule has 0 bridgehead atoms.